The number of nitrogen functional groups attached to an aromatic ring is 1. The number of ether oxygens (including phenoxy) is 1. The molecule has 2 N–H and O–H groups in total. The molecule has 38 heavy (non-hydrogen) atoms. The molecule has 2 fully saturated rings. The Bertz CT molecular complexity index is 1370. The van der Waals surface area contributed by atoms with Gasteiger partial charge in [-0.1, -0.05) is 69.0 Å². The third-order valence-electron chi connectivity index (χ3n) is 7.64. The van der Waals surface area contributed by atoms with E-state index in [4.69, 9.17) is 10.5 Å². The van der Waals surface area contributed by atoms with Crippen LogP contribution in [0.15, 0.2) is 91.0 Å². The Kier molecular flexibility index (Phi) is 6.57. The van der Waals surface area contributed by atoms with Crippen LogP contribution in [0.25, 0.3) is 6.08 Å². The first-order valence-corrected chi connectivity index (χ1v) is 12.8. The van der Waals surface area contributed by atoms with Crippen LogP contribution >= 0.6 is 0 Å². The van der Waals surface area contributed by atoms with E-state index in [0.717, 1.165) is 23.5 Å². The van der Waals surface area contributed by atoms with Crippen LogP contribution in [-0.2, 0) is 19.7 Å². The summed E-state index contributed by atoms with van der Waals surface area (Å²) in [6.45, 7) is 9.11. The summed E-state index contributed by atoms with van der Waals surface area (Å²) < 4.78 is 5.17. The molecule has 6 heteroatoms. The summed E-state index contributed by atoms with van der Waals surface area (Å²) in [4.78, 5) is 27.8. The second-order valence-corrected chi connectivity index (χ2v) is 10.6. The highest BCUT2D eigenvalue weighted by Gasteiger charge is 2.36. The molecule has 2 unspecified atom stereocenters. The zero-order valence-electron chi connectivity index (χ0n) is 22.1. The quantitative estimate of drug-likeness (QED) is 0.199. The monoisotopic (exact) mass is 507 g/mol. The maximum absolute atomic E-state index is 12.5. The Morgan fingerprint density at radius 2 is 1.63 bits per heavy atom. The molecule has 3 aromatic carbocycles. The third kappa shape index (κ3) is 5.07. The number of benzene rings is 3. The molecule has 0 bridgehead atoms. The predicted octanol–water partition coefficient (Wildman–Crippen LogP) is 5.46. The van der Waals surface area contributed by atoms with E-state index in [0.29, 0.717) is 18.0 Å². The fraction of sp³-hybridized carbons (Fsp3) is 0.250. The van der Waals surface area contributed by atoms with Crippen LogP contribution in [0.2, 0.25) is 0 Å². The minimum atomic E-state index is -0.591. The van der Waals surface area contributed by atoms with Gasteiger partial charge < -0.3 is 20.3 Å². The topological polar surface area (TPSA) is 75.6 Å². The molecule has 5 rings (SSSR count). The molecule has 2 atom stereocenters. The molecule has 0 spiro atoms. The minimum absolute atomic E-state index is 0.106. The first-order chi connectivity index (χ1) is 18.1. The molecule has 3 aromatic rings. The number of carbonyl (C=O) groups is 2. The van der Waals surface area contributed by atoms with E-state index in [-0.39, 0.29) is 11.3 Å². The first kappa shape index (κ1) is 25.3. The summed E-state index contributed by atoms with van der Waals surface area (Å²) in [6, 6.07) is 25.6. The van der Waals surface area contributed by atoms with E-state index in [2.05, 4.69) is 73.9 Å². The lowest BCUT2D eigenvalue weighted by atomic mass is 9.78. The Morgan fingerprint density at radius 3 is 2.21 bits per heavy atom. The van der Waals surface area contributed by atoms with E-state index in [1.54, 1.807) is 13.1 Å². The van der Waals surface area contributed by atoms with Gasteiger partial charge in [-0.15, -0.1) is 0 Å². The molecule has 0 saturated carbocycles. The molecule has 6 nitrogen and oxygen atoms in total. The zero-order valence-corrected chi connectivity index (χ0v) is 22.1. The van der Waals surface area contributed by atoms with E-state index in [1.807, 2.05) is 24.3 Å². The second-order valence-electron chi connectivity index (χ2n) is 10.6. The summed E-state index contributed by atoms with van der Waals surface area (Å²) in [5, 5.41) is 0. The number of nitrogens with zero attached hydrogens (tertiary/aromatic N) is 2. The van der Waals surface area contributed by atoms with Crippen LogP contribution in [0.1, 0.15) is 48.6 Å². The maximum Gasteiger partial charge on any atom is 0.335 e. The largest absolute Gasteiger partial charge is 0.438 e. The van der Waals surface area contributed by atoms with Crippen molar-refractivity contribution < 1.29 is 14.3 Å². The van der Waals surface area contributed by atoms with E-state index in [9.17, 15) is 9.59 Å². The third-order valence-corrected chi connectivity index (χ3v) is 7.64. The van der Waals surface area contributed by atoms with Crippen LogP contribution in [0.5, 0.6) is 0 Å². The van der Waals surface area contributed by atoms with Crippen LogP contribution in [0.4, 0.5) is 11.4 Å². The lowest BCUT2D eigenvalue weighted by Crippen LogP contribution is -2.35. The maximum atomic E-state index is 12.5. The van der Waals surface area contributed by atoms with Crippen LogP contribution in [0, 0.1) is 0 Å². The van der Waals surface area contributed by atoms with Crippen molar-refractivity contribution in [3.8, 4) is 0 Å². The summed E-state index contributed by atoms with van der Waals surface area (Å²) in [7, 11) is 1.62. The number of anilines is 2. The number of likely N-dealkylation sites (N-methyl/N-ethyl adjacent to an activating group) is 1. The van der Waals surface area contributed by atoms with Crippen molar-refractivity contribution in [3.05, 3.63) is 113 Å². The van der Waals surface area contributed by atoms with Gasteiger partial charge in [0.1, 0.15) is 0 Å². The number of cyclic esters (lactones) is 1. The Balaban J connectivity index is 1.19. The predicted molar refractivity (Wildman–Crippen MR) is 151 cm³/mol. The molecular weight excluding hydrogens is 474 g/mol. The summed E-state index contributed by atoms with van der Waals surface area (Å²) in [6.07, 6.45) is 3.02. The summed E-state index contributed by atoms with van der Waals surface area (Å²) >= 11 is 0. The highest BCUT2D eigenvalue weighted by Crippen LogP contribution is 2.41. The van der Waals surface area contributed by atoms with Crippen molar-refractivity contribution in [1.29, 1.82) is 0 Å². The molecular formula is C32H33N3O3. The van der Waals surface area contributed by atoms with Gasteiger partial charge in [0.05, 0.1) is 6.04 Å². The van der Waals surface area contributed by atoms with Gasteiger partial charge >= 0.3 is 5.97 Å². The van der Waals surface area contributed by atoms with Crippen molar-refractivity contribution in [2.45, 2.75) is 38.0 Å². The molecule has 0 aliphatic carbocycles. The van der Waals surface area contributed by atoms with Gasteiger partial charge in [0.2, 0.25) is 5.91 Å². The second kappa shape index (κ2) is 9.86. The molecule has 2 heterocycles. The van der Waals surface area contributed by atoms with E-state index >= 15 is 0 Å². The standard InChI is InChI=1S/C32H33N3O3/c1-21-19-30(38-31(21)37)34(4)29(36)18-7-22-5-16-27(17-6-22)35-20-28(35)23-8-10-24(11-9-23)32(2,3)25-12-14-26(33)15-13-25/h5-18,28,30H,1,19-20,33H2,2-4H3/b18-7+. The van der Waals surface area contributed by atoms with Crippen molar-refractivity contribution in [1.82, 2.24) is 4.90 Å². The number of nitrogens with two attached hydrogens (primary N) is 1. The average molecular weight is 508 g/mol. The van der Waals surface area contributed by atoms with Crippen LogP contribution in [-0.4, -0.2) is 36.6 Å². The molecule has 2 aliphatic rings. The normalized spacial score (nSPS) is 19.1. The number of rotatable bonds is 7. The van der Waals surface area contributed by atoms with Gasteiger partial charge in [-0.2, -0.15) is 0 Å². The van der Waals surface area contributed by atoms with Gasteiger partial charge in [-0.25, -0.2) is 4.79 Å². The molecule has 1 amide bonds. The first-order valence-electron chi connectivity index (χ1n) is 12.8. The summed E-state index contributed by atoms with van der Waals surface area (Å²) in [5.41, 5.74) is 12.8. The average Bonchev–Trinajstić information content (AvgIpc) is 3.65. The summed E-state index contributed by atoms with van der Waals surface area (Å²) in [5.74, 6) is -0.670. The molecule has 2 aliphatic heterocycles. The van der Waals surface area contributed by atoms with Gasteiger partial charge in [-0.05, 0) is 52.6 Å². The lowest BCUT2D eigenvalue weighted by molar-refractivity contribution is -0.150. The SMILES string of the molecule is C=C1CC(N(C)C(=O)/C=C/c2ccc(N3CC3c3ccc(C(C)(C)c4ccc(N)cc4)cc3)cc2)OC1=O. The number of carbonyl (C=O) groups excluding carboxylic acids is 2. The lowest BCUT2D eigenvalue weighted by Gasteiger charge is -2.26. The molecule has 0 aromatic heterocycles. The van der Waals surface area contributed by atoms with Gasteiger partial charge in [-0.3, -0.25) is 4.79 Å². The fourth-order valence-electron chi connectivity index (χ4n) is 4.86. The molecule has 2 saturated heterocycles. The van der Waals surface area contributed by atoms with Gasteiger partial charge in [0.25, 0.3) is 0 Å². The Morgan fingerprint density at radius 1 is 1.03 bits per heavy atom. The highest BCUT2D eigenvalue weighted by atomic mass is 16.6. The number of amides is 1. The Hall–Kier alpha value is -4.32. The number of esters is 1. The van der Waals surface area contributed by atoms with Crippen molar-refractivity contribution in [2.24, 2.45) is 0 Å². The van der Waals surface area contributed by atoms with Crippen LogP contribution in [0.3, 0.4) is 0 Å². The van der Waals surface area contributed by atoms with Crippen molar-refractivity contribution in [3.63, 3.8) is 0 Å². The molecule has 194 valence electrons. The molecule has 0 radical (unpaired) electrons. The number of hydrogen-bond donors (Lipinski definition) is 1. The Labute approximate surface area is 224 Å². The van der Waals surface area contributed by atoms with Gasteiger partial charge in [0.15, 0.2) is 6.23 Å². The van der Waals surface area contributed by atoms with E-state index in [1.165, 1.54) is 27.7 Å². The van der Waals surface area contributed by atoms with Crippen molar-refractivity contribution in [2.75, 3.05) is 24.2 Å². The smallest absolute Gasteiger partial charge is 0.335 e. The fourth-order valence-corrected chi connectivity index (χ4v) is 4.86. The van der Waals surface area contributed by atoms with Crippen molar-refractivity contribution >= 4 is 29.3 Å². The number of hydrogen-bond acceptors (Lipinski definition) is 5. The van der Waals surface area contributed by atoms with Gasteiger partial charge in [0, 0.05) is 48.5 Å². The van der Waals surface area contributed by atoms with E-state index < -0.39 is 12.2 Å². The minimum Gasteiger partial charge on any atom is -0.438 e. The van der Waals surface area contributed by atoms with Crippen LogP contribution < -0.4 is 10.6 Å². The zero-order chi connectivity index (χ0) is 27.0. The highest BCUT2D eigenvalue weighted by molar-refractivity contribution is 5.94.